The number of nitrogens with zero attached hydrogens (tertiary/aromatic N) is 2. The van der Waals surface area contributed by atoms with Gasteiger partial charge in [0.2, 0.25) is 5.91 Å². The number of likely N-dealkylation sites (N-methyl/N-ethyl adjacent to an activating group) is 1. The molecule has 0 aliphatic rings. The number of carbonyl (C=O) groups excluding carboxylic acids is 1. The third kappa shape index (κ3) is 5.46. The highest BCUT2D eigenvalue weighted by Crippen LogP contribution is 2.25. The van der Waals surface area contributed by atoms with Gasteiger partial charge in [-0.3, -0.25) is 9.69 Å². The predicted octanol–water partition coefficient (Wildman–Crippen LogP) is 4.07. The van der Waals surface area contributed by atoms with Crippen LogP contribution < -0.4 is 5.32 Å². The molecule has 0 radical (unpaired) electrons. The summed E-state index contributed by atoms with van der Waals surface area (Å²) >= 11 is 13.5. The number of nitrogens with one attached hydrogen (secondary N) is 1. The maximum Gasteiger partial charge on any atom is 0.234 e. The SMILES string of the molecule is Cc1csc(CN(C)CC(=O)NC(C)c2ccc(Cl)c(Cl)c2)n1. The van der Waals surface area contributed by atoms with Crippen LogP contribution in [-0.4, -0.2) is 29.4 Å². The van der Waals surface area contributed by atoms with Crippen LogP contribution in [0.3, 0.4) is 0 Å². The highest BCUT2D eigenvalue weighted by molar-refractivity contribution is 7.09. The molecule has 1 aromatic carbocycles. The number of hydrogen-bond acceptors (Lipinski definition) is 4. The standard InChI is InChI=1S/C16H19Cl2N3OS/c1-10-9-23-16(19-10)8-21(3)7-15(22)20-11(2)12-4-5-13(17)14(18)6-12/h4-6,9,11H,7-8H2,1-3H3,(H,20,22). The molecule has 0 aliphatic carbocycles. The highest BCUT2D eigenvalue weighted by atomic mass is 35.5. The van der Waals surface area contributed by atoms with Gasteiger partial charge in [-0.2, -0.15) is 0 Å². The van der Waals surface area contributed by atoms with Gasteiger partial charge in [0.15, 0.2) is 0 Å². The van der Waals surface area contributed by atoms with Crippen LogP contribution in [0.4, 0.5) is 0 Å². The summed E-state index contributed by atoms with van der Waals surface area (Å²) in [6.07, 6.45) is 0. The van der Waals surface area contributed by atoms with Crippen molar-refractivity contribution in [2.75, 3.05) is 13.6 Å². The molecule has 7 heteroatoms. The molecule has 0 saturated carbocycles. The van der Waals surface area contributed by atoms with E-state index >= 15 is 0 Å². The topological polar surface area (TPSA) is 45.2 Å². The summed E-state index contributed by atoms with van der Waals surface area (Å²) in [5.74, 6) is -0.0423. The van der Waals surface area contributed by atoms with Crippen LogP contribution >= 0.6 is 34.5 Å². The zero-order valence-corrected chi connectivity index (χ0v) is 15.6. The molecule has 0 bridgehead atoms. The fraction of sp³-hybridized carbons (Fsp3) is 0.375. The lowest BCUT2D eigenvalue weighted by molar-refractivity contribution is -0.122. The molecule has 4 nitrogen and oxygen atoms in total. The van der Waals surface area contributed by atoms with E-state index in [9.17, 15) is 4.79 Å². The van der Waals surface area contributed by atoms with Gasteiger partial charge >= 0.3 is 0 Å². The fourth-order valence-electron chi connectivity index (χ4n) is 2.16. The van der Waals surface area contributed by atoms with Crippen molar-refractivity contribution in [1.82, 2.24) is 15.2 Å². The molecule has 1 unspecified atom stereocenters. The van der Waals surface area contributed by atoms with E-state index in [1.807, 2.05) is 37.2 Å². The van der Waals surface area contributed by atoms with Crippen molar-refractivity contribution in [2.24, 2.45) is 0 Å². The Morgan fingerprint density at radius 2 is 2.13 bits per heavy atom. The monoisotopic (exact) mass is 371 g/mol. The first-order valence-electron chi connectivity index (χ1n) is 7.19. The zero-order chi connectivity index (χ0) is 17.0. The third-order valence-electron chi connectivity index (χ3n) is 3.31. The number of benzene rings is 1. The Morgan fingerprint density at radius 1 is 1.39 bits per heavy atom. The van der Waals surface area contributed by atoms with Crippen molar-refractivity contribution in [2.45, 2.75) is 26.4 Å². The number of halogens is 2. The molecule has 0 aliphatic heterocycles. The second kappa shape index (κ2) is 8.11. The van der Waals surface area contributed by atoms with E-state index in [2.05, 4.69) is 10.3 Å². The molecule has 2 aromatic rings. The number of amides is 1. The number of aryl methyl sites for hydroxylation is 1. The molecular formula is C16H19Cl2N3OS. The zero-order valence-electron chi connectivity index (χ0n) is 13.3. The summed E-state index contributed by atoms with van der Waals surface area (Å²) in [6, 6.07) is 5.24. The normalized spacial score (nSPS) is 12.4. The first-order chi connectivity index (χ1) is 10.8. The summed E-state index contributed by atoms with van der Waals surface area (Å²) in [7, 11) is 1.90. The van der Waals surface area contributed by atoms with Gasteiger partial charge in [-0.05, 0) is 38.6 Å². The first kappa shape index (κ1) is 18.2. The summed E-state index contributed by atoms with van der Waals surface area (Å²) in [5.41, 5.74) is 1.93. The van der Waals surface area contributed by atoms with E-state index in [-0.39, 0.29) is 11.9 Å². The van der Waals surface area contributed by atoms with E-state index < -0.39 is 0 Å². The van der Waals surface area contributed by atoms with E-state index in [4.69, 9.17) is 23.2 Å². The average Bonchev–Trinajstić information content (AvgIpc) is 2.86. The Kier molecular flexibility index (Phi) is 6.41. The van der Waals surface area contributed by atoms with E-state index in [0.29, 0.717) is 23.1 Å². The summed E-state index contributed by atoms with van der Waals surface area (Å²) < 4.78 is 0. The molecular weight excluding hydrogens is 353 g/mol. The predicted molar refractivity (Wildman–Crippen MR) is 96.2 cm³/mol. The van der Waals surface area contributed by atoms with Crippen LogP contribution in [0.25, 0.3) is 0 Å². The van der Waals surface area contributed by atoms with Gasteiger partial charge in [0.1, 0.15) is 5.01 Å². The largest absolute Gasteiger partial charge is 0.348 e. The second-order valence-electron chi connectivity index (χ2n) is 5.52. The molecule has 1 aromatic heterocycles. The van der Waals surface area contributed by atoms with Crippen LogP contribution in [0, 0.1) is 6.92 Å². The molecule has 2 rings (SSSR count). The van der Waals surface area contributed by atoms with E-state index in [0.717, 1.165) is 16.3 Å². The van der Waals surface area contributed by atoms with Crippen LogP contribution in [0.1, 0.15) is 29.2 Å². The maximum atomic E-state index is 12.2. The summed E-state index contributed by atoms with van der Waals surface area (Å²) in [5, 5.41) is 6.98. The molecule has 1 atom stereocenters. The van der Waals surface area contributed by atoms with Crippen LogP contribution in [0.15, 0.2) is 23.6 Å². The van der Waals surface area contributed by atoms with Gasteiger partial charge in [0.25, 0.3) is 0 Å². The molecule has 1 amide bonds. The van der Waals surface area contributed by atoms with Gasteiger partial charge in [-0.1, -0.05) is 29.3 Å². The van der Waals surface area contributed by atoms with Crippen molar-refractivity contribution >= 4 is 40.4 Å². The molecule has 0 fully saturated rings. The Bertz CT molecular complexity index is 690. The minimum atomic E-state index is -0.132. The molecule has 124 valence electrons. The second-order valence-corrected chi connectivity index (χ2v) is 7.27. The van der Waals surface area contributed by atoms with E-state index in [1.165, 1.54) is 0 Å². The Hall–Kier alpha value is -1.14. The molecule has 0 saturated heterocycles. The van der Waals surface area contributed by atoms with E-state index in [1.54, 1.807) is 23.5 Å². The molecule has 1 N–H and O–H groups in total. The lowest BCUT2D eigenvalue weighted by Gasteiger charge is -2.18. The van der Waals surface area contributed by atoms with Crippen molar-refractivity contribution in [3.05, 3.63) is 49.9 Å². The van der Waals surface area contributed by atoms with Crippen molar-refractivity contribution in [3.8, 4) is 0 Å². The lowest BCUT2D eigenvalue weighted by atomic mass is 10.1. The summed E-state index contributed by atoms with van der Waals surface area (Å²) in [4.78, 5) is 18.5. The summed E-state index contributed by atoms with van der Waals surface area (Å²) in [6.45, 7) is 4.85. The maximum absolute atomic E-state index is 12.2. The van der Waals surface area contributed by atoms with Gasteiger partial charge in [0, 0.05) is 11.1 Å². The minimum Gasteiger partial charge on any atom is -0.348 e. The molecule has 23 heavy (non-hydrogen) atoms. The third-order valence-corrected chi connectivity index (χ3v) is 5.00. The molecule has 0 spiro atoms. The van der Waals surface area contributed by atoms with Gasteiger partial charge in [0.05, 0.1) is 29.2 Å². The van der Waals surface area contributed by atoms with Crippen LogP contribution in [0.2, 0.25) is 10.0 Å². The van der Waals surface area contributed by atoms with Crippen molar-refractivity contribution < 1.29 is 4.79 Å². The number of rotatable bonds is 6. The number of thiazole rings is 1. The first-order valence-corrected chi connectivity index (χ1v) is 8.82. The number of carbonyl (C=O) groups is 1. The Balaban J connectivity index is 1.86. The molecule has 1 heterocycles. The number of aromatic nitrogens is 1. The minimum absolute atomic E-state index is 0.0423. The van der Waals surface area contributed by atoms with Gasteiger partial charge in [-0.25, -0.2) is 4.98 Å². The Morgan fingerprint density at radius 3 is 2.74 bits per heavy atom. The average molecular weight is 372 g/mol. The fourth-order valence-corrected chi connectivity index (χ4v) is 3.32. The van der Waals surface area contributed by atoms with Crippen molar-refractivity contribution in [1.29, 1.82) is 0 Å². The van der Waals surface area contributed by atoms with Crippen LogP contribution in [0.5, 0.6) is 0 Å². The lowest BCUT2D eigenvalue weighted by Crippen LogP contribution is -2.36. The number of hydrogen-bond donors (Lipinski definition) is 1. The van der Waals surface area contributed by atoms with Gasteiger partial charge < -0.3 is 5.32 Å². The van der Waals surface area contributed by atoms with Crippen molar-refractivity contribution in [3.63, 3.8) is 0 Å². The Labute approximate surface area is 150 Å². The van der Waals surface area contributed by atoms with Crippen LogP contribution in [-0.2, 0) is 11.3 Å². The van der Waals surface area contributed by atoms with Gasteiger partial charge in [-0.15, -0.1) is 11.3 Å². The smallest absolute Gasteiger partial charge is 0.234 e. The highest BCUT2D eigenvalue weighted by Gasteiger charge is 2.13. The quantitative estimate of drug-likeness (QED) is 0.832.